The Hall–Kier alpha value is -1.73. The van der Waals surface area contributed by atoms with Gasteiger partial charge in [0.25, 0.3) is 0 Å². The van der Waals surface area contributed by atoms with Crippen molar-refractivity contribution in [2.24, 2.45) is 0 Å². The molecule has 1 amide bonds. The highest BCUT2D eigenvalue weighted by atomic mass is 35.5. The van der Waals surface area contributed by atoms with E-state index in [0.29, 0.717) is 18.1 Å². The zero-order chi connectivity index (χ0) is 13.1. The Labute approximate surface area is 111 Å². The summed E-state index contributed by atoms with van der Waals surface area (Å²) in [5, 5.41) is 12.3. The van der Waals surface area contributed by atoms with Gasteiger partial charge >= 0.3 is 0 Å². The Bertz CT molecular complexity index is 509. The zero-order valence-electron chi connectivity index (χ0n) is 10.1. The molecule has 5 heteroatoms. The molecule has 1 aliphatic heterocycles. The molecule has 0 aliphatic carbocycles. The Morgan fingerprint density at radius 3 is 3.06 bits per heavy atom. The predicted molar refractivity (Wildman–Crippen MR) is 70.6 cm³/mol. The first-order valence-electron chi connectivity index (χ1n) is 5.81. The van der Waals surface area contributed by atoms with Crippen molar-refractivity contribution in [2.75, 3.05) is 18.0 Å². The lowest BCUT2D eigenvalue weighted by molar-refractivity contribution is -0.123. The predicted octanol–water partition coefficient (Wildman–Crippen LogP) is 1.87. The minimum Gasteiger partial charge on any atom is -0.357 e. The first kappa shape index (κ1) is 12.7. The average molecular weight is 264 g/mol. The molecule has 1 atom stereocenters. The van der Waals surface area contributed by atoms with Crippen molar-refractivity contribution in [3.05, 3.63) is 28.8 Å². The Kier molecular flexibility index (Phi) is 3.73. The lowest BCUT2D eigenvalue weighted by Crippen LogP contribution is -2.55. The first-order valence-corrected chi connectivity index (χ1v) is 6.18. The summed E-state index contributed by atoms with van der Waals surface area (Å²) in [6, 6.07) is 7.23. The van der Waals surface area contributed by atoms with Gasteiger partial charge in [-0.2, -0.15) is 5.26 Å². The summed E-state index contributed by atoms with van der Waals surface area (Å²) >= 11 is 5.93. The number of aryl methyl sites for hydroxylation is 1. The van der Waals surface area contributed by atoms with Gasteiger partial charge in [0.05, 0.1) is 12.5 Å². The summed E-state index contributed by atoms with van der Waals surface area (Å²) in [4.78, 5) is 13.8. The van der Waals surface area contributed by atoms with Crippen molar-refractivity contribution in [1.29, 1.82) is 5.26 Å². The number of halogens is 1. The van der Waals surface area contributed by atoms with Crippen LogP contribution >= 0.6 is 11.6 Å². The third-order valence-electron chi connectivity index (χ3n) is 3.08. The van der Waals surface area contributed by atoms with E-state index in [1.165, 1.54) is 0 Å². The first-order chi connectivity index (χ1) is 8.63. The molecule has 4 nitrogen and oxygen atoms in total. The number of rotatable bonds is 2. The third-order valence-corrected chi connectivity index (χ3v) is 3.32. The monoisotopic (exact) mass is 263 g/mol. The summed E-state index contributed by atoms with van der Waals surface area (Å²) in [5.41, 5.74) is 1.98. The Morgan fingerprint density at radius 1 is 1.61 bits per heavy atom. The summed E-state index contributed by atoms with van der Waals surface area (Å²) < 4.78 is 0. The highest BCUT2D eigenvalue weighted by Gasteiger charge is 2.30. The largest absolute Gasteiger partial charge is 0.357 e. The van der Waals surface area contributed by atoms with Crippen molar-refractivity contribution < 1.29 is 4.79 Å². The molecule has 1 fully saturated rings. The number of hydrogen-bond donors (Lipinski definition) is 1. The van der Waals surface area contributed by atoms with Crippen LogP contribution in [-0.2, 0) is 4.79 Å². The minimum absolute atomic E-state index is 0.0860. The number of carbonyl (C=O) groups excluding carboxylic acids is 1. The van der Waals surface area contributed by atoms with Gasteiger partial charge in [-0.15, -0.1) is 0 Å². The van der Waals surface area contributed by atoms with Crippen LogP contribution in [0.3, 0.4) is 0 Å². The number of anilines is 1. The topological polar surface area (TPSA) is 56.1 Å². The summed E-state index contributed by atoms with van der Waals surface area (Å²) in [6.45, 7) is 3.26. The highest BCUT2D eigenvalue weighted by molar-refractivity contribution is 6.30. The lowest BCUT2D eigenvalue weighted by atomic mass is 10.1. The molecule has 1 unspecified atom stereocenters. The number of piperazine rings is 1. The van der Waals surface area contributed by atoms with Crippen molar-refractivity contribution in [3.63, 3.8) is 0 Å². The van der Waals surface area contributed by atoms with E-state index in [-0.39, 0.29) is 12.3 Å². The molecule has 1 aromatic rings. The molecule has 0 bridgehead atoms. The van der Waals surface area contributed by atoms with Crippen LogP contribution in [0.25, 0.3) is 0 Å². The summed E-state index contributed by atoms with van der Waals surface area (Å²) in [5.74, 6) is -0.0860. The van der Waals surface area contributed by atoms with Crippen LogP contribution in [0.1, 0.15) is 12.0 Å². The third kappa shape index (κ3) is 2.41. The molecule has 1 saturated heterocycles. The second kappa shape index (κ2) is 5.28. The van der Waals surface area contributed by atoms with Crippen LogP contribution in [0.5, 0.6) is 0 Å². The fourth-order valence-corrected chi connectivity index (χ4v) is 2.46. The van der Waals surface area contributed by atoms with Crippen LogP contribution in [0.4, 0.5) is 5.69 Å². The SMILES string of the molecule is Cc1cc(Cl)ccc1N1CCNC(=O)C1CC#N. The van der Waals surface area contributed by atoms with E-state index in [2.05, 4.69) is 11.4 Å². The molecule has 1 aliphatic rings. The number of amides is 1. The van der Waals surface area contributed by atoms with Gasteiger partial charge in [-0.05, 0) is 30.7 Å². The standard InChI is InChI=1S/C13H14ClN3O/c1-9-8-10(14)2-3-11(9)17-7-6-16-13(18)12(17)4-5-15/h2-3,8,12H,4,6-7H2,1H3,(H,16,18). The summed E-state index contributed by atoms with van der Waals surface area (Å²) in [7, 11) is 0. The van der Waals surface area contributed by atoms with Crippen LogP contribution in [0, 0.1) is 18.3 Å². The quantitative estimate of drug-likeness (QED) is 0.886. The van der Waals surface area contributed by atoms with Crippen LogP contribution in [0.15, 0.2) is 18.2 Å². The molecule has 1 N–H and O–H groups in total. The number of nitriles is 1. The van der Waals surface area contributed by atoms with Crippen LogP contribution in [-0.4, -0.2) is 25.0 Å². The lowest BCUT2D eigenvalue weighted by Gasteiger charge is -2.36. The van der Waals surface area contributed by atoms with Crippen molar-refractivity contribution >= 4 is 23.2 Å². The van der Waals surface area contributed by atoms with E-state index in [1.54, 1.807) is 6.07 Å². The maximum Gasteiger partial charge on any atom is 0.243 e. The van der Waals surface area contributed by atoms with Gasteiger partial charge in [0.15, 0.2) is 0 Å². The van der Waals surface area contributed by atoms with Crippen LogP contribution in [0.2, 0.25) is 5.02 Å². The average Bonchev–Trinajstić information content (AvgIpc) is 2.32. The number of benzene rings is 1. The van der Waals surface area contributed by atoms with Gasteiger partial charge in [-0.1, -0.05) is 11.6 Å². The smallest absolute Gasteiger partial charge is 0.243 e. The van der Waals surface area contributed by atoms with Gasteiger partial charge in [-0.3, -0.25) is 4.79 Å². The van der Waals surface area contributed by atoms with E-state index in [4.69, 9.17) is 16.9 Å². The number of nitrogens with one attached hydrogen (secondary N) is 1. The van der Waals surface area contributed by atoms with Crippen molar-refractivity contribution in [1.82, 2.24) is 5.32 Å². The molecule has 18 heavy (non-hydrogen) atoms. The van der Waals surface area contributed by atoms with E-state index in [1.807, 2.05) is 24.0 Å². The molecule has 2 rings (SSSR count). The second-order valence-corrected chi connectivity index (χ2v) is 4.73. The maximum absolute atomic E-state index is 11.8. The zero-order valence-corrected chi connectivity index (χ0v) is 10.9. The number of nitrogens with zero attached hydrogens (tertiary/aromatic N) is 2. The molecule has 0 aromatic heterocycles. The van der Waals surface area contributed by atoms with Gasteiger partial charge in [0.2, 0.25) is 5.91 Å². The molecule has 1 aromatic carbocycles. The molecule has 0 radical (unpaired) electrons. The highest BCUT2D eigenvalue weighted by Crippen LogP contribution is 2.26. The van der Waals surface area contributed by atoms with Gasteiger partial charge in [0, 0.05) is 23.8 Å². The molecular weight excluding hydrogens is 250 g/mol. The Balaban J connectivity index is 2.34. The van der Waals surface area contributed by atoms with E-state index < -0.39 is 6.04 Å². The van der Waals surface area contributed by atoms with Gasteiger partial charge < -0.3 is 10.2 Å². The normalized spacial score (nSPS) is 19.3. The summed E-state index contributed by atoms with van der Waals surface area (Å²) in [6.07, 6.45) is 0.188. The molecule has 0 spiro atoms. The van der Waals surface area contributed by atoms with Crippen molar-refractivity contribution in [3.8, 4) is 6.07 Å². The molecule has 94 valence electrons. The fraction of sp³-hybridized carbons (Fsp3) is 0.385. The van der Waals surface area contributed by atoms with E-state index in [9.17, 15) is 4.79 Å². The van der Waals surface area contributed by atoms with E-state index in [0.717, 1.165) is 11.3 Å². The fourth-order valence-electron chi connectivity index (χ4n) is 2.23. The molecular formula is C13H14ClN3O. The second-order valence-electron chi connectivity index (χ2n) is 4.29. The Morgan fingerprint density at radius 2 is 2.39 bits per heavy atom. The van der Waals surface area contributed by atoms with E-state index >= 15 is 0 Å². The van der Waals surface area contributed by atoms with Crippen LogP contribution < -0.4 is 10.2 Å². The van der Waals surface area contributed by atoms with Gasteiger partial charge in [0.1, 0.15) is 6.04 Å². The minimum atomic E-state index is -0.413. The molecule has 0 saturated carbocycles. The number of hydrogen-bond acceptors (Lipinski definition) is 3. The number of carbonyl (C=O) groups is 1. The maximum atomic E-state index is 11.8. The molecule has 1 heterocycles. The van der Waals surface area contributed by atoms with Crippen molar-refractivity contribution in [2.45, 2.75) is 19.4 Å². The van der Waals surface area contributed by atoms with Gasteiger partial charge in [-0.25, -0.2) is 0 Å².